The highest BCUT2D eigenvalue weighted by atomic mass is 32.2. The van der Waals surface area contributed by atoms with Crippen LogP contribution in [0.4, 0.5) is 0 Å². The summed E-state index contributed by atoms with van der Waals surface area (Å²) in [6, 6.07) is 7.30. The summed E-state index contributed by atoms with van der Waals surface area (Å²) in [4.78, 5) is 14.4. The Morgan fingerprint density at radius 2 is 1.97 bits per heavy atom. The van der Waals surface area contributed by atoms with Crippen molar-refractivity contribution < 1.29 is 26.9 Å². The lowest BCUT2D eigenvalue weighted by molar-refractivity contribution is -0.183. The summed E-state index contributed by atoms with van der Waals surface area (Å²) in [7, 11) is -0.184. The van der Waals surface area contributed by atoms with Gasteiger partial charge >= 0.3 is 16.3 Å². The summed E-state index contributed by atoms with van der Waals surface area (Å²) in [5.74, 6) is -0.509. The molecule has 8 nitrogen and oxygen atoms in total. The number of hydrogen-bond acceptors (Lipinski definition) is 7. The number of likely N-dealkylation sites (N-methyl/N-ethyl adjacent to an activating group) is 1. The van der Waals surface area contributed by atoms with E-state index in [0.717, 1.165) is 21.5 Å². The predicted molar refractivity (Wildman–Crippen MR) is 109 cm³/mol. The highest BCUT2D eigenvalue weighted by Gasteiger charge is 2.36. The topological polar surface area (TPSA) is 87.1 Å². The van der Waals surface area contributed by atoms with Gasteiger partial charge in [0.05, 0.1) is 30.8 Å². The third kappa shape index (κ3) is 4.98. The van der Waals surface area contributed by atoms with Crippen LogP contribution in [-0.4, -0.2) is 69.8 Å². The average Bonchev–Trinajstić information content (AvgIpc) is 3.01. The Morgan fingerprint density at radius 1 is 1.28 bits per heavy atom. The predicted octanol–water partition coefficient (Wildman–Crippen LogP) is 1.82. The lowest BCUT2D eigenvalue weighted by Gasteiger charge is -2.30. The van der Waals surface area contributed by atoms with E-state index in [1.54, 1.807) is 32.2 Å². The van der Waals surface area contributed by atoms with E-state index >= 15 is 0 Å². The molecule has 2 aromatic rings. The van der Waals surface area contributed by atoms with E-state index in [4.69, 9.17) is 13.7 Å². The monoisotopic (exact) mass is 424 g/mol. The lowest BCUT2D eigenvalue weighted by Crippen LogP contribution is -2.43. The van der Waals surface area contributed by atoms with Crippen LogP contribution in [0, 0.1) is 5.41 Å². The van der Waals surface area contributed by atoms with Gasteiger partial charge in [0.15, 0.2) is 0 Å². The molecule has 0 bridgehead atoms. The zero-order chi connectivity index (χ0) is 21.2. The van der Waals surface area contributed by atoms with Crippen LogP contribution in [0.1, 0.15) is 19.4 Å². The Balaban J connectivity index is 1.78. The SMILES string of the molecule is CN(C)CCc1cn(S(=O)(=O)OCC(C)(C)C(=O)OC2COC2)c2ccccc12. The molecule has 1 aromatic carbocycles. The zero-order valence-electron chi connectivity index (χ0n) is 17.3. The Morgan fingerprint density at radius 3 is 2.59 bits per heavy atom. The number of fused-ring (bicyclic) bond motifs is 1. The van der Waals surface area contributed by atoms with Crippen LogP contribution < -0.4 is 0 Å². The zero-order valence-corrected chi connectivity index (χ0v) is 18.1. The quantitative estimate of drug-likeness (QED) is 0.568. The Hall–Kier alpha value is -1.94. The summed E-state index contributed by atoms with van der Waals surface area (Å²) in [5.41, 5.74) is 0.359. The Bertz CT molecular complexity index is 976. The summed E-state index contributed by atoms with van der Waals surface area (Å²) in [6.07, 6.45) is 2.03. The standard InChI is InChI=1S/C20H28N2O6S/c1-20(2,19(23)28-16-12-26-13-16)14-27-29(24,25)22-11-15(9-10-21(3)4)17-7-5-6-8-18(17)22/h5-8,11,16H,9-10,12-14H2,1-4H3. The van der Waals surface area contributed by atoms with Crippen molar-refractivity contribution in [2.24, 2.45) is 5.41 Å². The lowest BCUT2D eigenvalue weighted by atomic mass is 9.95. The number of aromatic nitrogens is 1. The van der Waals surface area contributed by atoms with E-state index in [-0.39, 0.29) is 12.7 Å². The van der Waals surface area contributed by atoms with Crippen molar-refractivity contribution in [1.82, 2.24) is 8.87 Å². The molecule has 0 atom stereocenters. The summed E-state index contributed by atoms with van der Waals surface area (Å²) >= 11 is 0. The third-order valence-electron chi connectivity index (χ3n) is 4.83. The molecule has 160 valence electrons. The largest absolute Gasteiger partial charge is 0.457 e. The van der Waals surface area contributed by atoms with Crippen molar-refractivity contribution >= 4 is 27.2 Å². The molecule has 0 radical (unpaired) electrons. The van der Waals surface area contributed by atoms with Crippen LogP contribution in [0.5, 0.6) is 0 Å². The Kier molecular flexibility index (Phi) is 6.33. The van der Waals surface area contributed by atoms with Crippen molar-refractivity contribution in [3.63, 3.8) is 0 Å². The number of para-hydroxylation sites is 1. The fraction of sp³-hybridized carbons (Fsp3) is 0.550. The molecule has 0 amide bonds. The minimum Gasteiger partial charge on any atom is -0.457 e. The maximum absolute atomic E-state index is 12.9. The smallest absolute Gasteiger partial charge is 0.366 e. The van der Waals surface area contributed by atoms with Gasteiger partial charge in [-0.3, -0.25) is 8.98 Å². The number of nitrogens with zero attached hydrogens (tertiary/aromatic N) is 2. The first-order valence-corrected chi connectivity index (χ1v) is 10.9. The van der Waals surface area contributed by atoms with Crippen LogP contribution in [0.15, 0.2) is 30.5 Å². The minimum absolute atomic E-state index is 0.272. The van der Waals surface area contributed by atoms with Crippen molar-refractivity contribution in [1.29, 1.82) is 0 Å². The van der Waals surface area contributed by atoms with Gasteiger partial charge < -0.3 is 14.4 Å². The second-order valence-electron chi connectivity index (χ2n) is 8.19. The molecule has 2 heterocycles. The highest BCUT2D eigenvalue weighted by Crippen LogP contribution is 2.26. The second-order valence-corrected chi connectivity index (χ2v) is 9.67. The molecule has 29 heavy (non-hydrogen) atoms. The van der Waals surface area contributed by atoms with Gasteiger partial charge in [-0.2, -0.15) is 8.42 Å². The molecule has 1 aromatic heterocycles. The van der Waals surface area contributed by atoms with Crippen molar-refractivity contribution in [3.05, 3.63) is 36.0 Å². The van der Waals surface area contributed by atoms with Gasteiger partial charge in [0.1, 0.15) is 6.10 Å². The van der Waals surface area contributed by atoms with E-state index in [1.165, 1.54) is 0 Å². The van der Waals surface area contributed by atoms with E-state index in [0.29, 0.717) is 25.2 Å². The van der Waals surface area contributed by atoms with Crippen LogP contribution in [-0.2, 0) is 35.2 Å². The molecule has 1 fully saturated rings. The summed E-state index contributed by atoms with van der Waals surface area (Å²) in [6.45, 7) is 4.40. The van der Waals surface area contributed by atoms with Crippen molar-refractivity contribution in [2.75, 3.05) is 40.5 Å². The first-order chi connectivity index (χ1) is 13.6. The molecule has 0 unspecified atom stereocenters. The molecular formula is C20H28N2O6S. The number of carbonyl (C=O) groups is 1. The number of rotatable bonds is 9. The second kappa shape index (κ2) is 8.43. The number of benzene rings is 1. The molecule has 0 saturated carbocycles. The van der Waals surface area contributed by atoms with Crippen LogP contribution in [0.3, 0.4) is 0 Å². The molecule has 0 spiro atoms. The van der Waals surface area contributed by atoms with Gasteiger partial charge in [-0.05, 0) is 46.0 Å². The summed E-state index contributed by atoms with van der Waals surface area (Å²) in [5, 5.41) is 0.866. The molecular weight excluding hydrogens is 396 g/mol. The van der Waals surface area contributed by atoms with Crippen LogP contribution >= 0.6 is 0 Å². The first-order valence-electron chi connectivity index (χ1n) is 9.52. The number of hydrogen-bond donors (Lipinski definition) is 0. The van der Waals surface area contributed by atoms with Gasteiger partial charge in [0.2, 0.25) is 0 Å². The van der Waals surface area contributed by atoms with Crippen LogP contribution in [0.25, 0.3) is 10.9 Å². The number of esters is 1. The molecule has 0 N–H and O–H groups in total. The maximum atomic E-state index is 12.9. The molecule has 1 saturated heterocycles. The van der Waals surface area contributed by atoms with Gasteiger partial charge in [-0.1, -0.05) is 18.2 Å². The highest BCUT2D eigenvalue weighted by molar-refractivity contribution is 7.85. The van der Waals surface area contributed by atoms with Gasteiger partial charge in [-0.15, -0.1) is 0 Å². The van der Waals surface area contributed by atoms with Gasteiger partial charge in [-0.25, -0.2) is 3.97 Å². The number of carbonyl (C=O) groups excluding carboxylic acids is 1. The van der Waals surface area contributed by atoms with Crippen molar-refractivity contribution in [2.45, 2.75) is 26.4 Å². The van der Waals surface area contributed by atoms with E-state index in [1.807, 2.05) is 31.1 Å². The minimum atomic E-state index is -4.12. The number of ether oxygens (including phenoxy) is 2. The third-order valence-corrected chi connectivity index (χ3v) is 6.03. The maximum Gasteiger partial charge on any atom is 0.366 e. The Labute approximate surface area is 171 Å². The molecule has 1 aliphatic heterocycles. The fourth-order valence-corrected chi connectivity index (χ4v) is 4.09. The first kappa shape index (κ1) is 21.8. The fourth-order valence-electron chi connectivity index (χ4n) is 2.88. The molecule has 3 rings (SSSR count). The van der Waals surface area contributed by atoms with E-state index in [9.17, 15) is 13.2 Å². The summed E-state index contributed by atoms with van der Waals surface area (Å²) < 4.78 is 42.5. The molecule has 0 aliphatic carbocycles. The van der Waals surface area contributed by atoms with E-state index in [2.05, 4.69) is 0 Å². The van der Waals surface area contributed by atoms with Gasteiger partial charge in [0.25, 0.3) is 0 Å². The average molecular weight is 425 g/mol. The van der Waals surface area contributed by atoms with Crippen LogP contribution in [0.2, 0.25) is 0 Å². The molecule has 1 aliphatic rings. The van der Waals surface area contributed by atoms with Gasteiger partial charge in [0, 0.05) is 18.1 Å². The normalized spacial score (nSPS) is 15.6. The van der Waals surface area contributed by atoms with Crippen molar-refractivity contribution in [3.8, 4) is 0 Å². The molecule has 9 heteroatoms. The van der Waals surface area contributed by atoms with E-state index < -0.39 is 21.7 Å².